The second-order valence-electron chi connectivity index (χ2n) is 2.42. The highest BCUT2D eigenvalue weighted by atomic mass is 16.2. The molecule has 0 radical (unpaired) electrons. The van der Waals surface area contributed by atoms with Crippen LogP contribution < -0.4 is 5.32 Å². The molecule has 0 aliphatic rings. The summed E-state index contributed by atoms with van der Waals surface area (Å²) in [6, 6.07) is 0. The molecule has 9 heteroatoms. The van der Waals surface area contributed by atoms with E-state index < -0.39 is 11.8 Å². The Morgan fingerprint density at radius 2 is 1.40 bits per heavy atom. The van der Waals surface area contributed by atoms with Crippen LogP contribution in [0.25, 0.3) is 20.9 Å². The van der Waals surface area contributed by atoms with E-state index in [1.54, 1.807) is 0 Å². The second kappa shape index (κ2) is 8.52. The third-order valence-electron chi connectivity index (χ3n) is 1.34. The van der Waals surface area contributed by atoms with Gasteiger partial charge in [0.05, 0.1) is 0 Å². The lowest BCUT2D eigenvalue weighted by molar-refractivity contribution is -0.118. The van der Waals surface area contributed by atoms with E-state index in [2.05, 4.69) is 25.4 Å². The van der Waals surface area contributed by atoms with Gasteiger partial charge in [0.25, 0.3) is 0 Å². The molecule has 80 valence electrons. The Morgan fingerprint density at radius 3 is 1.73 bits per heavy atom. The zero-order valence-electron chi connectivity index (χ0n) is 7.83. The van der Waals surface area contributed by atoms with Gasteiger partial charge in [-0.15, -0.1) is 0 Å². The largest absolute Gasteiger partial charge is 0.316 e. The van der Waals surface area contributed by atoms with Crippen molar-refractivity contribution in [1.29, 1.82) is 0 Å². The molecule has 9 nitrogen and oxygen atoms in total. The summed E-state index contributed by atoms with van der Waals surface area (Å²) in [5.74, 6) is -1.13. The Morgan fingerprint density at radius 1 is 1.00 bits per heavy atom. The van der Waals surface area contributed by atoms with Crippen molar-refractivity contribution in [3.05, 3.63) is 20.9 Å². The van der Waals surface area contributed by atoms with E-state index in [9.17, 15) is 9.59 Å². The average Bonchev–Trinajstić information content (AvgIpc) is 2.18. The molecule has 2 amide bonds. The van der Waals surface area contributed by atoms with Crippen LogP contribution in [0.3, 0.4) is 0 Å². The Hall–Kier alpha value is -2.08. The fraction of sp³-hybridized carbons (Fsp3) is 0.667. The van der Waals surface area contributed by atoms with Crippen molar-refractivity contribution < 1.29 is 9.59 Å². The minimum absolute atomic E-state index is 0.0692. The molecular formula is C6H9N7O2. The van der Waals surface area contributed by atoms with Crippen LogP contribution >= 0.6 is 0 Å². The molecule has 0 aromatic rings. The summed E-state index contributed by atoms with van der Waals surface area (Å²) in [6.45, 7) is 0.614. The van der Waals surface area contributed by atoms with Crippen molar-refractivity contribution in [3.63, 3.8) is 0 Å². The van der Waals surface area contributed by atoms with Gasteiger partial charge in [-0.1, -0.05) is 0 Å². The monoisotopic (exact) mass is 211 g/mol. The van der Waals surface area contributed by atoms with Crippen molar-refractivity contribution >= 4 is 11.8 Å². The second-order valence-corrected chi connectivity index (χ2v) is 2.42. The van der Waals surface area contributed by atoms with Gasteiger partial charge in [-0.3, -0.25) is 9.59 Å². The SMILES string of the molecule is [N-]=[N+]=NC(=O)CCNCCC(=O)N=[N+]=[N-]. The van der Waals surface area contributed by atoms with Crippen LogP contribution in [0.4, 0.5) is 0 Å². The maximum atomic E-state index is 10.6. The molecule has 0 rings (SSSR count). The Kier molecular flexibility index (Phi) is 7.33. The third-order valence-corrected chi connectivity index (χ3v) is 1.34. The van der Waals surface area contributed by atoms with Gasteiger partial charge in [0, 0.05) is 35.8 Å². The normalized spacial score (nSPS) is 8.53. The van der Waals surface area contributed by atoms with E-state index in [-0.39, 0.29) is 12.8 Å². The van der Waals surface area contributed by atoms with E-state index in [1.807, 2.05) is 0 Å². The van der Waals surface area contributed by atoms with Crippen LogP contribution in [0.1, 0.15) is 12.8 Å². The molecule has 0 saturated carbocycles. The highest BCUT2D eigenvalue weighted by Crippen LogP contribution is 1.86. The highest BCUT2D eigenvalue weighted by Gasteiger charge is 1.99. The molecule has 0 saturated heterocycles. The zero-order chi connectivity index (χ0) is 11.5. The summed E-state index contributed by atoms with van der Waals surface area (Å²) in [7, 11) is 0. The zero-order valence-corrected chi connectivity index (χ0v) is 7.83. The number of azide groups is 2. The van der Waals surface area contributed by atoms with E-state index in [0.29, 0.717) is 13.1 Å². The summed E-state index contributed by atoms with van der Waals surface area (Å²) >= 11 is 0. The lowest BCUT2D eigenvalue weighted by atomic mass is 10.3. The quantitative estimate of drug-likeness (QED) is 0.303. The molecule has 1 N–H and O–H groups in total. The minimum atomic E-state index is -0.564. The fourth-order valence-corrected chi connectivity index (χ4v) is 0.715. The van der Waals surface area contributed by atoms with Gasteiger partial charge in [0.15, 0.2) is 0 Å². The molecule has 0 atom stereocenters. The molecule has 0 bridgehead atoms. The van der Waals surface area contributed by atoms with Crippen molar-refractivity contribution in [2.45, 2.75) is 12.8 Å². The summed E-state index contributed by atoms with van der Waals surface area (Å²) in [5, 5.41) is 8.47. The lowest BCUT2D eigenvalue weighted by Crippen LogP contribution is -2.20. The number of nitrogens with one attached hydrogen (secondary N) is 1. The summed E-state index contributed by atoms with van der Waals surface area (Å²) < 4.78 is 0. The van der Waals surface area contributed by atoms with Gasteiger partial charge >= 0.3 is 0 Å². The molecule has 15 heavy (non-hydrogen) atoms. The third kappa shape index (κ3) is 8.26. The molecule has 0 unspecified atom stereocenters. The predicted octanol–water partition coefficient (Wildman–Crippen LogP) is 1.03. The first kappa shape index (κ1) is 12.9. The topological polar surface area (TPSA) is 144 Å². The number of carbonyl (C=O) groups excluding carboxylic acids is 2. The number of nitrogens with zero attached hydrogens (tertiary/aromatic N) is 6. The Balaban J connectivity index is 3.47. The first-order valence-corrected chi connectivity index (χ1v) is 4.07. The van der Waals surface area contributed by atoms with Gasteiger partial charge in [0.2, 0.25) is 11.8 Å². The predicted molar refractivity (Wildman–Crippen MR) is 50.4 cm³/mol. The smallest absolute Gasteiger partial charge is 0.220 e. The Bertz CT molecular complexity index is 294. The van der Waals surface area contributed by atoms with E-state index in [0.717, 1.165) is 0 Å². The first-order valence-electron chi connectivity index (χ1n) is 4.07. The molecule has 0 aromatic carbocycles. The van der Waals surface area contributed by atoms with Gasteiger partial charge < -0.3 is 5.32 Å². The number of carbonyl (C=O) groups is 2. The van der Waals surface area contributed by atoms with Crippen molar-refractivity contribution in [1.82, 2.24) is 5.32 Å². The number of amides is 2. The van der Waals surface area contributed by atoms with E-state index in [1.165, 1.54) is 0 Å². The highest BCUT2D eigenvalue weighted by molar-refractivity contribution is 5.77. The van der Waals surface area contributed by atoms with Gasteiger partial charge in [-0.2, -0.15) is 0 Å². The molecule has 0 aliphatic carbocycles. The molecule has 0 aliphatic heterocycles. The lowest BCUT2D eigenvalue weighted by Gasteiger charge is -1.99. The van der Waals surface area contributed by atoms with Gasteiger partial charge in [0.1, 0.15) is 0 Å². The number of hydrogen-bond donors (Lipinski definition) is 1. The maximum absolute atomic E-state index is 10.6. The van der Waals surface area contributed by atoms with Crippen LogP contribution in [-0.4, -0.2) is 24.9 Å². The fourth-order valence-electron chi connectivity index (χ4n) is 0.715. The van der Waals surface area contributed by atoms with Crippen LogP contribution in [0, 0.1) is 0 Å². The van der Waals surface area contributed by atoms with Crippen LogP contribution in [0.15, 0.2) is 10.2 Å². The van der Waals surface area contributed by atoms with Crippen LogP contribution in [-0.2, 0) is 9.59 Å². The molecule has 0 fully saturated rings. The minimum Gasteiger partial charge on any atom is -0.316 e. The van der Waals surface area contributed by atoms with Gasteiger partial charge in [-0.05, 0) is 21.3 Å². The summed E-state index contributed by atoms with van der Waals surface area (Å²) in [5.41, 5.74) is 15.8. The standard InChI is InChI=1S/C6H9N7O2/c7-12-10-5(14)1-3-9-4-2-6(15)11-13-8/h9H,1-4H2. The van der Waals surface area contributed by atoms with Crippen LogP contribution in [0.5, 0.6) is 0 Å². The van der Waals surface area contributed by atoms with Crippen molar-refractivity contribution in [2.24, 2.45) is 10.2 Å². The Labute approximate surface area is 84.7 Å². The first-order chi connectivity index (χ1) is 7.20. The molecular weight excluding hydrogens is 202 g/mol. The molecule has 0 heterocycles. The summed E-state index contributed by atoms with van der Waals surface area (Å²) in [4.78, 5) is 25.9. The van der Waals surface area contributed by atoms with E-state index in [4.69, 9.17) is 11.1 Å². The summed E-state index contributed by atoms with van der Waals surface area (Å²) in [6.07, 6.45) is 0.138. The number of hydrogen-bond acceptors (Lipinski definition) is 3. The molecule has 0 spiro atoms. The number of rotatable bonds is 6. The van der Waals surface area contributed by atoms with Gasteiger partial charge in [-0.25, -0.2) is 0 Å². The molecule has 0 aromatic heterocycles. The van der Waals surface area contributed by atoms with Crippen LogP contribution in [0.2, 0.25) is 0 Å². The van der Waals surface area contributed by atoms with Crippen molar-refractivity contribution in [3.8, 4) is 0 Å². The van der Waals surface area contributed by atoms with E-state index >= 15 is 0 Å². The van der Waals surface area contributed by atoms with Crippen molar-refractivity contribution in [2.75, 3.05) is 13.1 Å². The maximum Gasteiger partial charge on any atom is 0.220 e. The average molecular weight is 211 g/mol.